The predicted molar refractivity (Wildman–Crippen MR) is 155 cm³/mol. The summed E-state index contributed by atoms with van der Waals surface area (Å²) < 4.78 is 16.7. The van der Waals surface area contributed by atoms with Crippen LogP contribution in [0.3, 0.4) is 0 Å². The highest BCUT2D eigenvalue weighted by Gasteiger charge is 2.26. The number of amides is 2. The van der Waals surface area contributed by atoms with Gasteiger partial charge in [0.25, 0.3) is 0 Å². The summed E-state index contributed by atoms with van der Waals surface area (Å²) >= 11 is 0. The zero-order valence-corrected chi connectivity index (χ0v) is 23.6. The molecule has 0 bridgehead atoms. The van der Waals surface area contributed by atoms with E-state index in [4.69, 9.17) is 18.9 Å². The molecule has 5 heterocycles. The number of nitrogens with one attached hydrogen (secondary N) is 1. The van der Waals surface area contributed by atoms with Crippen molar-refractivity contribution in [2.45, 2.75) is 38.1 Å². The average Bonchev–Trinajstić information content (AvgIpc) is 3.57. The molecule has 218 valence electrons. The second-order valence-corrected chi connectivity index (χ2v) is 11.5. The van der Waals surface area contributed by atoms with E-state index in [1.807, 2.05) is 17.0 Å². The van der Waals surface area contributed by atoms with E-state index in [1.54, 1.807) is 6.26 Å². The largest absolute Gasteiger partial charge is 0.464 e. The molecule has 1 aliphatic carbocycles. The van der Waals surface area contributed by atoms with Crippen molar-refractivity contribution in [3.63, 3.8) is 0 Å². The van der Waals surface area contributed by atoms with Crippen LogP contribution in [0.4, 0.5) is 16.4 Å². The van der Waals surface area contributed by atoms with Crippen molar-refractivity contribution in [1.29, 1.82) is 0 Å². The van der Waals surface area contributed by atoms with Crippen molar-refractivity contribution >= 4 is 17.7 Å². The van der Waals surface area contributed by atoms with Gasteiger partial charge in [-0.15, -0.1) is 0 Å². The lowest BCUT2D eigenvalue weighted by atomic mass is 9.84. The van der Waals surface area contributed by atoms with E-state index in [0.29, 0.717) is 32.3 Å². The quantitative estimate of drug-likeness (QED) is 0.560. The maximum Gasteiger partial charge on any atom is 0.317 e. The second kappa shape index (κ2) is 13.2. The summed E-state index contributed by atoms with van der Waals surface area (Å²) in [5.41, 5.74) is 1.08. The molecule has 0 aromatic carbocycles. The van der Waals surface area contributed by atoms with Crippen LogP contribution in [0.25, 0.3) is 11.3 Å². The van der Waals surface area contributed by atoms with Gasteiger partial charge in [0.05, 0.1) is 32.7 Å². The Morgan fingerprint density at radius 1 is 0.850 bits per heavy atom. The van der Waals surface area contributed by atoms with Crippen LogP contribution >= 0.6 is 0 Å². The number of morpholine rings is 2. The molecular formula is C30H44N6O4. The van der Waals surface area contributed by atoms with Crippen LogP contribution in [0.2, 0.25) is 0 Å². The molecule has 10 nitrogen and oxygen atoms in total. The van der Waals surface area contributed by atoms with E-state index in [1.165, 1.54) is 19.3 Å². The van der Waals surface area contributed by atoms with E-state index < -0.39 is 0 Å². The van der Waals surface area contributed by atoms with Crippen LogP contribution in [0.1, 0.15) is 32.1 Å². The van der Waals surface area contributed by atoms with Gasteiger partial charge in [-0.3, -0.25) is 4.90 Å². The van der Waals surface area contributed by atoms with Crippen molar-refractivity contribution in [2.75, 3.05) is 95.1 Å². The monoisotopic (exact) mass is 552 g/mol. The fourth-order valence-corrected chi connectivity index (χ4v) is 6.40. The number of hydrogen-bond donors (Lipinski definition) is 1. The first-order chi connectivity index (χ1) is 19.7. The molecule has 4 fully saturated rings. The summed E-state index contributed by atoms with van der Waals surface area (Å²) in [5.74, 6) is 3.68. The molecule has 2 aromatic rings. The molecule has 0 radical (unpaired) electrons. The van der Waals surface area contributed by atoms with Crippen molar-refractivity contribution in [3.8, 4) is 11.3 Å². The van der Waals surface area contributed by atoms with Gasteiger partial charge in [-0.05, 0) is 68.8 Å². The number of pyridine rings is 1. The van der Waals surface area contributed by atoms with Crippen LogP contribution < -0.4 is 15.1 Å². The van der Waals surface area contributed by atoms with Crippen molar-refractivity contribution < 1.29 is 18.7 Å². The van der Waals surface area contributed by atoms with Gasteiger partial charge in [-0.25, -0.2) is 9.78 Å². The van der Waals surface area contributed by atoms with Crippen molar-refractivity contribution in [2.24, 2.45) is 5.92 Å². The third-order valence-corrected chi connectivity index (χ3v) is 8.96. The third-order valence-electron chi connectivity index (χ3n) is 8.96. The number of urea groups is 1. The maximum absolute atomic E-state index is 12.5. The predicted octanol–water partition coefficient (Wildman–Crippen LogP) is 3.29. The molecule has 4 aliphatic rings. The summed E-state index contributed by atoms with van der Waals surface area (Å²) in [6, 6.07) is 8.69. The van der Waals surface area contributed by atoms with Crippen molar-refractivity contribution in [3.05, 3.63) is 30.5 Å². The fraction of sp³-hybridized carbons (Fsp3) is 0.667. The van der Waals surface area contributed by atoms with Crippen LogP contribution in [-0.4, -0.2) is 112 Å². The van der Waals surface area contributed by atoms with Gasteiger partial charge in [0, 0.05) is 64.0 Å². The zero-order chi connectivity index (χ0) is 27.1. The molecule has 3 saturated heterocycles. The van der Waals surface area contributed by atoms with E-state index in [-0.39, 0.29) is 6.03 Å². The molecule has 6 rings (SSSR count). The number of anilines is 2. The van der Waals surface area contributed by atoms with Gasteiger partial charge < -0.3 is 33.9 Å². The Bertz CT molecular complexity index is 1070. The minimum atomic E-state index is 0.0888. The van der Waals surface area contributed by atoms with Crippen molar-refractivity contribution in [1.82, 2.24) is 20.1 Å². The number of hydrogen-bond acceptors (Lipinski definition) is 8. The highest BCUT2D eigenvalue weighted by molar-refractivity contribution is 5.74. The maximum atomic E-state index is 12.5. The van der Waals surface area contributed by atoms with Crippen LogP contribution in [0.5, 0.6) is 0 Å². The van der Waals surface area contributed by atoms with E-state index in [2.05, 4.69) is 32.1 Å². The number of carbonyl (C=O) groups excluding carboxylic acids is 1. The highest BCUT2D eigenvalue weighted by atomic mass is 16.5. The van der Waals surface area contributed by atoms with Gasteiger partial charge >= 0.3 is 6.03 Å². The Morgan fingerprint density at radius 2 is 1.50 bits per heavy atom. The molecule has 2 amide bonds. The lowest BCUT2D eigenvalue weighted by molar-refractivity contribution is 0.0519. The Morgan fingerprint density at radius 3 is 2.15 bits per heavy atom. The smallest absolute Gasteiger partial charge is 0.317 e. The molecule has 3 aliphatic heterocycles. The van der Waals surface area contributed by atoms with Crippen LogP contribution in [0, 0.1) is 5.92 Å². The van der Waals surface area contributed by atoms with Gasteiger partial charge in [-0.1, -0.05) is 0 Å². The standard InChI is InChI=1S/C30H44N6O4/c37-30(36-15-20-39-21-16-36)31-26-5-3-24(4-6-26)7-8-33-9-11-34(12-10-33)28-22-25(27-2-1-17-40-27)23-29(32-28)35-13-18-38-19-14-35/h1-2,17,22-24,26H,3-16,18-21H2,(H,31,37). The number of rotatable bonds is 7. The number of piperazine rings is 1. The Labute approximate surface area is 237 Å². The molecule has 0 atom stereocenters. The summed E-state index contributed by atoms with van der Waals surface area (Å²) in [6.07, 6.45) is 7.59. The first kappa shape index (κ1) is 27.4. The SMILES string of the molecule is O=C(NC1CCC(CCN2CCN(c3cc(-c4ccco4)cc(N4CCOCC4)n3)CC2)CC1)N1CCOCC1. The van der Waals surface area contributed by atoms with E-state index in [9.17, 15) is 4.79 Å². The van der Waals surface area contributed by atoms with Gasteiger partial charge in [-0.2, -0.15) is 0 Å². The Kier molecular flexibility index (Phi) is 9.05. The number of furan rings is 1. The average molecular weight is 553 g/mol. The normalized spacial score (nSPS) is 24.8. The summed E-state index contributed by atoms with van der Waals surface area (Å²) in [4.78, 5) is 26.9. The number of aromatic nitrogens is 1. The minimum absolute atomic E-state index is 0.0888. The lowest BCUT2D eigenvalue weighted by Gasteiger charge is -2.37. The molecule has 1 saturated carbocycles. The molecule has 10 heteroatoms. The summed E-state index contributed by atoms with van der Waals surface area (Å²) in [5, 5.41) is 3.27. The Balaban J connectivity index is 0.968. The van der Waals surface area contributed by atoms with Gasteiger partial charge in [0.2, 0.25) is 0 Å². The Hall–Kier alpha value is -2.82. The van der Waals surface area contributed by atoms with Crippen LogP contribution in [0.15, 0.2) is 34.9 Å². The molecule has 2 aromatic heterocycles. The number of nitrogens with zero attached hydrogens (tertiary/aromatic N) is 5. The van der Waals surface area contributed by atoms with E-state index >= 15 is 0 Å². The second-order valence-electron chi connectivity index (χ2n) is 11.5. The van der Waals surface area contributed by atoms with E-state index in [0.717, 1.165) is 101 Å². The molecule has 0 unspecified atom stereocenters. The molecule has 40 heavy (non-hydrogen) atoms. The number of carbonyl (C=O) groups is 1. The first-order valence-corrected chi connectivity index (χ1v) is 15.2. The molecule has 1 N–H and O–H groups in total. The zero-order valence-electron chi connectivity index (χ0n) is 23.6. The minimum Gasteiger partial charge on any atom is -0.464 e. The van der Waals surface area contributed by atoms with Gasteiger partial charge in [0.1, 0.15) is 17.4 Å². The lowest BCUT2D eigenvalue weighted by Crippen LogP contribution is -2.50. The third kappa shape index (κ3) is 6.90. The summed E-state index contributed by atoms with van der Waals surface area (Å²) in [6.45, 7) is 11.2. The number of ether oxygens (including phenoxy) is 2. The van der Waals surface area contributed by atoms with Crippen LogP contribution in [-0.2, 0) is 9.47 Å². The topological polar surface area (TPSA) is 86.6 Å². The fourth-order valence-electron chi connectivity index (χ4n) is 6.40. The summed E-state index contributed by atoms with van der Waals surface area (Å²) in [7, 11) is 0. The molecular weight excluding hydrogens is 508 g/mol. The van der Waals surface area contributed by atoms with Gasteiger partial charge in [0.15, 0.2) is 0 Å². The highest BCUT2D eigenvalue weighted by Crippen LogP contribution is 2.30. The first-order valence-electron chi connectivity index (χ1n) is 15.2. The molecule has 0 spiro atoms.